The molecule has 0 unspecified atom stereocenters. The lowest BCUT2D eigenvalue weighted by Crippen LogP contribution is -2.29. The van der Waals surface area contributed by atoms with Crippen molar-refractivity contribution in [2.24, 2.45) is 0 Å². The molecular weight excluding hydrogens is 182 g/mol. The molecule has 0 aliphatic heterocycles. The summed E-state index contributed by atoms with van der Waals surface area (Å²) in [5.74, 6) is 0. The van der Waals surface area contributed by atoms with Crippen molar-refractivity contribution in [1.29, 1.82) is 0 Å². The predicted molar refractivity (Wildman–Crippen MR) is 66.0 cm³/mol. The van der Waals surface area contributed by atoms with Crippen LogP contribution < -0.4 is 5.32 Å². The van der Waals surface area contributed by atoms with Crippen LogP contribution >= 0.6 is 0 Å². The lowest BCUT2D eigenvalue weighted by molar-refractivity contribution is 0.462. The van der Waals surface area contributed by atoms with Gasteiger partial charge in [0.1, 0.15) is 0 Å². The van der Waals surface area contributed by atoms with Gasteiger partial charge in [-0.25, -0.2) is 0 Å². The third-order valence-corrected chi connectivity index (χ3v) is 3.87. The minimum absolute atomic E-state index is 0.828. The molecule has 0 aromatic heterocycles. The number of hydrogen-bond acceptors (Lipinski definition) is 1. The Morgan fingerprint density at radius 2 is 1.87 bits per heavy atom. The topological polar surface area (TPSA) is 12.0 Å². The van der Waals surface area contributed by atoms with Gasteiger partial charge in [0.25, 0.3) is 0 Å². The molecule has 0 aromatic rings. The summed E-state index contributed by atoms with van der Waals surface area (Å²) in [6, 6.07) is 0.828. The molecule has 2 aliphatic rings. The van der Waals surface area contributed by atoms with E-state index >= 15 is 0 Å². The highest BCUT2D eigenvalue weighted by Gasteiger charge is 2.11. The monoisotopic (exact) mass is 207 g/mol. The zero-order valence-corrected chi connectivity index (χ0v) is 9.93. The first-order valence-electron chi connectivity index (χ1n) is 6.86. The van der Waals surface area contributed by atoms with Crippen LogP contribution in [0.4, 0.5) is 0 Å². The molecule has 0 amide bonds. The van der Waals surface area contributed by atoms with Crippen LogP contribution in [0, 0.1) is 0 Å². The normalized spacial score (nSPS) is 23.9. The average molecular weight is 207 g/mol. The van der Waals surface area contributed by atoms with Crippen LogP contribution in [0.15, 0.2) is 11.6 Å². The molecule has 1 saturated carbocycles. The number of hydrogen-bond donors (Lipinski definition) is 1. The van der Waals surface area contributed by atoms with Gasteiger partial charge < -0.3 is 5.32 Å². The largest absolute Gasteiger partial charge is 0.314 e. The second-order valence-corrected chi connectivity index (χ2v) is 5.15. The third kappa shape index (κ3) is 3.98. The van der Waals surface area contributed by atoms with Crippen molar-refractivity contribution in [3.8, 4) is 0 Å². The van der Waals surface area contributed by atoms with Gasteiger partial charge in [-0.2, -0.15) is 0 Å². The van der Waals surface area contributed by atoms with E-state index in [1.807, 2.05) is 0 Å². The first kappa shape index (κ1) is 11.2. The number of rotatable bonds is 4. The quantitative estimate of drug-likeness (QED) is 0.546. The summed E-state index contributed by atoms with van der Waals surface area (Å²) in [7, 11) is 0. The lowest BCUT2D eigenvalue weighted by atomic mass is 10.1. The van der Waals surface area contributed by atoms with Crippen molar-refractivity contribution >= 4 is 0 Å². The van der Waals surface area contributed by atoms with E-state index in [9.17, 15) is 0 Å². The van der Waals surface area contributed by atoms with Gasteiger partial charge in [0.05, 0.1) is 0 Å². The van der Waals surface area contributed by atoms with Crippen molar-refractivity contribution < 1.29 is 0 Å². The van der Waals surface area contributed by atoms with E-state index in [1.54, 1.807) is 5.57 Å². The summed E-state index contributed by atoms with van der Waals surface area (Å²) in [5, 5.41) is 3.75. The predicted octanol–water partition coefficient (Wildman–Crippen LogP) is 3.80. The Morgan fingerprint density at radius 3 is 2.53 bits per heavy atom. The van der Waals surface area contributed by atoms with Crippen LogP contribution in [0.25, 0.3) is 0 Å². The highest BCUT2D eigenvalue weighted by molar-refractivity contribution is 5.07. The minimum atomic E-state index is 0.828. The lowest BCUT2D eigenvalue weighted by Gasteiger charge is -2.16. The Balaban J connectivity index is 1.59. The maximum atomic E-state index is 3.75. The van der Waals surface area contributed by atoms with E-state index < -0.39 is 0 Å². The van der Waals surface area contributed by atoms with Gasteiger partial charge in [-0.15, -0.1) is 0 Å². The fourth-order valence-electron chi connectivity index (χ4n) is 2.88. The second-order valence-electron chi connectivity index (χ2n) is 5.15. The van der Waals surface area contributed by atoms with E-state index in [0.717, 1.165) is 6.04 Å². The molecule has 0 aromatic carbocycles. The van der Waals surface area contributed by atoms with Gasteiger partial charge >= 0.3 is 0 Å². The van der Waals surface area contributed by atoms with Gasteiger partial charge in [-0.3, -0.25) is 0 Å². The molecule has 0 heterocycles. The zero-order chi connectivity index (χ0) is 10.3. The molecule has 0 saturated heterocycles. The average Bonchev–Trinajstić information content (AvgIpc) is 2.62. The standard InChI is InChI=1S/C14H25N/c1-2-4-10-14(9-3-1)15-12-11-13-7-5-6-8-13/h7,14-15H,1-6,8-12H2. The van der Waals surface area contributed by atoms with Gasteiger partial charge in [-0.1, -0.05) is 37.3 Å². The molecule has 2 rings (SSSR count). The van der Waals surface area contributed by atoms with Gasteiger partial charge in [-0.05, 0) is 45.1 Å². The number of nitrogens with one attached hydrogen (secondary N) is 1. The maximum absolute atomic E-state index is 3.75. The SMILES string of the molecule is C1=C(CCNC2CCCCCC2)CCC1. The van der Waals surface area contributed by atoms with Crippen LogP contribution in [0.3, 0.4) is 0 Å². The molecule has 1 nitrogen and oxygen atoms in total. The number of allylic oxidation sites excluding steroid dienone is 1. The van der Waals surface area contributed by atoms with Gasteiger partial charge in [0.15, 0.2) is 0 Å². The first-order chi connectivity index (χ1) is 7.45. The van der Waals surface area contributed by atoms with Crippen molar-refractivity contribution in [2.45, 2.75) is 70.3 Å². The second kappa shape index (κ2) is 6.32. The Labute approximate surface area is 94.3 Å². The smallest absolute Gasteiger partial charge is 0.00671 e. The van der Waals surface area contributed by atoms with Crippen LogP contribution in [0.5, 0.6) is 0 Å². The summed E-state index contributed by atoms with van der Waals surface area (Å²) < 4.78 is 0. The van der Waals surface area contributed by atoms with E-state index in [2.05, 4.69) is 11.4 Å². The third-order valence-electron chi connectivity index (χ3n) is 3.87. The Hall–Kier alpha value is -0.300. The Bertz CT molecular complexity index is 199. The summed E-state index contributed by atoms with van der Waals surface area (Å²) in [4.78, 5) is 0. The molecule has 1 N–H and O–H groups in total. The molecule has 0 bridgehead atoms. The molecule has 0 spiro atoms. The maximum Gasteiger partial charge on any atom is 0.00671 e. The van der Waals surface area contributed by atoms with E-state index in [0.29, 0.717) is 0 Å². The van der Waals surface area contributed by atoms with Gasteiger partial charge in [0, 0.05) is 6.04 Å². The van der Waals surface area contributed by atoms with Crippen molar-refractivity contribution in [1.82, 2.24) is 5.32 Å². The van der Waals surface area contributed by atoms with Crippen molar-refractivity contribution in [2.75, 3.05) is 6.54 Å². The Morgan fingerprint density at radius 1 is 1.07 bits per heavy atom. The van der Waals surface area contributed by atoms with Crippen molar-refractivity contribution in [3.63, 3.8) is 0 Å². The zero-order valence-electron chi connectivity index (χ0n) is 9.93. The summed E-state index contributed by atoms with van der Waals surface area (Å²) >= 11 is 0. The van der Waals surface area contributed by atoms with E-state index in [-0.39, 0.29) is 0 Å². The molecule has 0 radical (unpaired) electrons. The molecule has 1 fully saturated rings. The molecule has 0 atom stereocenters. The van der Waals surface area contributed by atoms with Crippen molar-refractivity contribution in [3.05, 3.63) is 11.6 Å². The van der Waals surface area contributed by atoms with Crippen LogP contribution in [-0.2, 0) is 0 Å². The summed E-state index contributed by atoms with van der Waals surface area (Å²) in [6.07, 6.45) is 16.5. The molecule has 2 aliphatic carbocycles. The van der Waals surface area contributed by atoms with E-state index in [4.69, 9.17) is 0 Å². The van der Waals surface area contributed by atoms with Crippen LogP contribution in [-0.4, -0.2) is 12.6 Å². The highest BCUT2D eigenvalue weighted by Crippen LogP contribution is 2.21. The summed E-state index contributed by atoms with van der Waals surface area (Å²) in [5.41, 5.74) is 1.70. The molecular formula is C14H25N. The summed E-state index contributed by atoms with van der Waals surface area (Å²) in [6.45, 7) is 1.22. The molecule has 1 heteroatoms. The van der Waals surface area contributed by atoms with Gasteiger partial charge in [0.2, 0.25) is 0 Å². The highest BCUT2D eigenvalue weighted by atomic mass is 14.9. The van der Waals surface area contributed by atoms with Crippen LogP contribution in [0.2, 0.25) is 0 Å². The fourth-order valence-corrected chi connectivity index (χ4v) is 2.88. The minimum Gasteiger partial charge on any atom is -0.314 e. The first-order valence-corrected chi connectivity index (χ1v) is 6.86. The van der Waals surface area contributed by atoms with E-state index in [1.165, 1.54) is 70.8 Å². The van der Waals surface area contributed by atoms with Crippen LogP contribution in [0.1, 0.15) is 64.2 Å². The fraction of sp³-hybridized carbons (Fsp3) is 0.857. The molecule has 15 heavy (non-hydrogen) atoms. The Kier molecular flexibility index (Phi) is 4.72. The molecule has 86 valence electrons.